The molecular formula is C37H47N5O6S. The molecule has 2 aliphatic heterocycles. The van der Waals surface area contributed by atoms with Crippen molar-refractivity contribution >= 4 is 15.7 Å². The summed E-state index contributed by atoms with van der Waals surface area (Å²) < 4.78 is 50.4. The van der Waals surface area contributed by atoms with Gasteiger partial charge in [-0.1, -0.05) is 42.8 Å². The van der Waals surface area contributed by atoms with E-state index in [4.69, 9.17) is 14.2 Å². The summed E-state index contributed by atoms with van der Waals surface area (Å²) in [7, 11) is -2.16. The number of piperidine rings is 1. The van der Waals surface area contributed by atoms with E-state index in [1.165, 1.54) is 6.33 Å². The van der Waals surface area contributed by atoms with Gasteiger partial charge < -0.3 is 24.2 Å². The maximum atomic E-state index is 14.5. The Labute approximate surface area is 289 Å². The van der Waals surface area contributed by atoms with Crippen molar-refractivity contribution in [3.8, 4) is 11.5 Å². The number of sulfonamides is 1. The number of aromatic nitrogens is 3. The predicted octanol–water partition coefficient (Wildman–Crippen LogP) is 5.70. The van der Waals surface area contributed by atoms with Gasteiger partial charge in [-0.05, 0) is 80.1 Å². The van der Waals surface area contributed by atoms with E-state index in [0.29, 0.717) is 32.7 Å². The van der Waals surface area contributed by atoms with E-state index in [-0.39, 0.29) is 35.2 Å². The molecule has 0 aliphatic carbocycles. The van der Waals surface area contributed by atoms with Gasteiger partial charge in [-0.2, -0.15) is 9.40 Å². The number of fused-ring (bicyclic) bond motifs is 1. The highest BCUT2D eigenvalue weighted by molar-refractivity contribution is 7.89. The summed E-state index contributed by atoms with van der Waals surface area (Å²) in [5, 5.41) is 14.5. The van der Waals surface area contributed by atoms with Gasteiger partial charge in [0.25, 0.3) is 0 Å². The van der Waals surface area contributed by atoms with Crippen molar-refractivity contribution in [2.75, 3.05) is 44.9 Å². The topological polar surface area (TPSA) is 119 Å². The second-order valence-electron chi connectivity index (χ2n) is 13.0. The maximum absolute atomic E-state index is 14.5. The van der Waals surface area contributed by atoms with Crippen LogP contribution in [0.15, 0.2) is 84.3 Å². The molecule has 3 aromatic carbocycles. The zero-order valence-corrected chi connectivity index (χ0v) is 29.3. The summed E-state index contributed by atoms with van der Waals surface area (Å²) in [6.07, 6.45) is 5.55. The third kappa shape index (κ3) is 8.09. The minimum Gasteiger partial charge on any atom is -0.508 e. The highest BCUT2D eigenvalue weighted by atomic mass is 32.2. The summed E-state index contributed by atoms with van der Waals surface area (Å²) in [5.74, 6) is 0.915. The molecule has 0 saturated carbocycles. The van der Waals surface area contributed by atoms with Crippen molar-refractivity contribution in [3.05, 3.63) is 96.1 Å². The molecule has 49 heavy (non-hydrogen) atoms. The van der Waals surface area contributed by atoms with E-state index in [9.17, 15) is 13.5 Å². The molecule has 2 aliphatic rings. The maximum Gasteiger partial charge on any atom is 0.243 e. The summed E-state index contributed by atoms with van der Waals surface area (Å²) in [6, 6.07) is 20.0. The fourth-order valence-corrected chi connectivity index (χ4v) is 8.69. The Kier molecular flexibility index (Phi) is 11.2. The van der Waals surface area contributed by atoms with Crippen molar-refractivity contribution in [1.82, 2.24) is 19.1 Å². The van der Waals surface area contributed by atoms with Crippen LogP contribution in [0.2, 0.25) is 0 Å². The molecule has 1 aromatic heterocycles. The van der Waals surface area contributed by atoms with E-state index in [1.807, 2.05) is 48.0 Å². The molecule has 0 spiro atoms. The number of phenolic OH excluding ortho intramolecular Hbond substituents is 1. The van der Waals surface area contributed by atoms with E-state index >= 15 is 0 Å². The predicted molar refractivity (Wildman–Crippen MR) is 188 cm³/mol. The number of aryl methyl sites for hydroxylation is 1. The van der Waals surface area contributed by atoms with Crippen LogP contribution in [0, 0.1) is 6.92 Å². The zero-order valence-electron chi connectivity index (χ0n) is 28.5. The van der Waals surface area contributed by atoms with Crippen molar-refractivity contribution in [1.29, 1.82) is 0 Å². The van der Waals surface area contributed by atoms with Crippen molar-refractivity contribution in [3.63, 3.8) is 0 Å². The van der Waals surface area contributed by atoms with Gasteiger partial charge in [0.1, 0.15) is 30.8 Å². The molecule has 1 N–H and O–H groups in total. The molecule has 6 rings (SSSR count). The van der Waals surface area contributed by atoms with Gasteiger partial charge in [0.15, 0.2) is 0 Å². The highest BCUT2D eigenvalue weighted by Gasteiger charge is 2.43. The summed E-state index contributed by atoms with van der Waals surface area (Å²) in [6.45, 7) is 7.50. The Morgan fingerprint density at radius 3 is 2.59 bits per heavy atom. The van der Waals surface area contributed by atoms with Crippen LogP contribution in [0.1, 0.15) is 61.3 Å². The van der Waals surface area contributed by atoms with E-state index in [0.717, 1.165) is 54.1 Å². The van der Waals surface area contributed by atoms with E-state index in [2.05, 4.69) is 28.0 Å². The number of anilines is 1. The van der Waals surface area contributed by atoms with E-state index < -0.39 is 16.1 Å². The number of benzene rings is 3. The lowest BCUT2D eigenvalue weighted by atomic mass is 9.82. The first kappa shape index (κ1) is 34.9. The Hall–Kier alpha value is -3.97. The second kappa shape index (κ2) is 15.7. The van der Waals surface area contributed by atoms with Gasteiger partial charge in [-0.15, -0.1) is 0 Å². The number of nitrogens with zero attached hydrogens (tertiary/aromatic N) is 5. The molecular weight excluding hydrogens is 643 g/mol. The lowest BCUT2D eigenvalue weighted by molar-refractivity contribution is -0.0227. The summed E-state index contributed by atoms with van der Waals surface area (Å²) >= 11 is 0. The molecule has 0 radical (unpaired) electrons. The zero-order chi connectivity index (χ0) is 34.4. The Morgan fingerprint density at radius 2 is 1.88 bits per heavy atom. The van der Waals surface area contributed by atoms with Crippen LogP contribution in [-0.2, 0) is 26.1 Å². The first-order valence-electron chi connectivity index (χ1n) is 17.1. The molecule has 4 atom stereocenters. The van der Waals surface area contributed by atoms with Crippen LogP contribution in [0.5, 0.6) is 11.5 Å². The summed E-state index contributed by atoms with van der Waals surface area (Å²) in [5.41, 5.74) is 4.01. The van der Waals surface area contributed by atoms with Gasteiger partial charge in [-0.25, -0.2) is 18.1 Å². The minimum absolute atomic E-state index is 0.0364. The van der Waals surface area contributed by atoms with Crippen molar-refractivity contribution in [2.45, 2.75) is 75.1 Å². The van der Waals surface area contributed by atoms with Crippen LogP contribution < -0.4 is 9.64 Å². The van der Waals surface area contributed by atoms with Crippen LogP contribution in [0.25, 0.3) is 0 Å². The third-order valence-corrected chi connectivity index (χ3v) is 11.7. The highest BCUT2D eigenvalue weighted by Crippen LogP contribution is 2.41. The number of methoxy groups -OCH3 is 1. The fourth-order valence-electron chi connectivity index (χ4n) is 7.04. The Balaban J connectivity index is 1.32. The molecule has 262 valence electrons. The van der Waals surface area contributed by atoms with Crippen LogP contribution in [0.3, 0.4) is 0 Å². The van der Waals surface area contributed by atoms with Crippen molar-refractivity contribution < 1.29 is 27.7 Å². The fraction of sp³-hybridized carbons (Fsp3) is 0.459. The summed E-state index contributed by atoms with van der Waals surface area (Å²) in [4.78, 5) is 6.74. The number of rotatable bonds is 14. The number of hydrogen-bond acceptors (Lipinski definition) is 9. The number of hydrogen-bond donors (Lipinski definition) is 1. The first-order valence-corrected chi connectivity index (χ1v) is 18.5. The van der Waals surface area contributed by atoms with E-state index in [1.54, 1.807) is 42.0 Å². The average Bonchev–Trinajstić information content (AvgIpc) is 3.65. The molecule has 0 bridgehead atoms. The third-order valence-electron chi connectivity index (χ3n) is 9.74. The average molecular weight is 690 g/mol. The van der Waals surface area contributed by atoms with Crippen LogP contribution >= 0.6 is 0 Å². The molecule has 0 amide bonds. The molecule has 1 fully saturated rings. The van der Waals surface area contributed by atoms with Gasteiger partial charge in [-0.3, -0.25) is 0 Å². The van der Waals surface area contributed by atoms with Crippen LogP contribution in [-0.4, -0.2) is 84.7 Å². The largest absolute Gasteiger partial charge is 0.508 e. The monoisotopic (exact) mass is 689 g/mol. The van der Waals surface area contributed by atoms with Crippen molar-refractivity contribution in [2.24, 2.45) is 0 Å². The lowest BCUT2D eigenvalue weighted by Crippen LogP contribution is -2.52. The normalized spacial score (nSPS) is 20.5. The van der Waals surface area contributed by atoms with Crippen LogP contribution in [0.4, 0.5) is 5.69 Å². The molecule has 1 unspecified atom stereocenters. The molecule has 4 aromatic rings. The van der Waals surface area contributed by atoms with Gasteiger partial charge >= 0.3 is 0 Å². The first-order chi connectivity index (χ1) is 23.8. The second-order valence-corrected chi connectivity index (χ2v) is 14.9. The SMILES string of the molecule is CCC(C[C@H]1C[C@H](c2ccc(O)cc2)[C@@H](OCc2ccc3c(c2)N(CCCOC)CCO3)CN1S(=O)(=O)c1ccc(C)cc1)n1cncn1. The molecule has 1 saturated heterocycles. The van der Waals surface area contributed by atoms with Gasteiger partial charge in [0, 0.05) is 38.8 Å². The standard InChI is InChI=1S/C37H47N5O6S/c1-4-30(41-26-38-25-39-41)21-31-22-34(29-9-11-32(43)12-10-29)37(23-42(31)49(44,45)33-13-6-27(2)7-14-33)48-24-28-8-15-36-35(20-28)40(17-19-47-36)16-5-18-46-3/h6-15,20,25-26,30-31,34,37,43H,4-5,16-19,21-24H2,1-3H3/t30?,31-,34+,37-/m0/s1. The Morgan fingerprint density at radius 1 is 1.08 bits per heavy atom. The molecule has 3 heterocycles. The molecule has 12 heteroatoms. The minimum atomic E-state index is -3.87. The van der Waals surface area contributed by atoms with Gasteiger partial charge in [0.05, 0.1) is 35.9 Å². The number of aromatic hydroxyl groups is 1. The number of phenols is 1. The lowest BCUT2D eigenvalue weighted by Gasteiger charge is -2.44. The Bertz CT molecular complexity index is 1750. The number of ether oxygens (including phenoxy) is 3. The van der Waals surface area contributed by atoms with Gasteiger partial charge in [0.2, 0.25) is 10.0 Å². The molecule has 11 nitrogen and oxygen atoms in total. The quantitative estimate of drug-likeness (QED) is 0.166. The smallest absolute Gasteiger partial charge is 0.243 e.